The van der Waals surface area contributed by atoms with Gasteiger partial charge >= 0.3 is 12.1 Å². The number of halogens is 3. The van der Waals surface area contributed by atoms with Gasteiger partial charge in [-0.3, -0.25) is 4.79 Å². The van der Waals surface area contributed by atoms with Crippen LogP contribution in [0.25, 0.3) is 0 Å². The molecule has 0 aromatic heterocycles. The molecule has 1 aliphatic carbocycles. The molecule has 2 aliphatic rings. The number of benzene rings is 1. The van der Waals surface area contributed by atoms with E-state index in [4.69, 9.17) is 9.16 Å². The van der Waals surface area contributed by atoms with Crippen LogP contribution in [0.3, 0.4) is 0 Å². The Kier molecular flexibility index (Phi) is 5.57. The summed E-state index contributed by atoms with van der Waals surface area (Å²) in [5.41, 5.74) is -1.96. The van der Waals surface area contributed by atoms with Crippen LogP contribution >= 0.6 is 0 Å². The topological polar surface area (TPSA) is 57.1 Å². The zero-order valence-corrected chi connectivity index (χ0v) is 19.4. The average molecular weight is 456 g/mol. The van der Waals surface area contributed by atoms with E-state index in [0.717, 1.165) is 5.56 Å². The van der Waals surface area contributed by atoms with E-state index in [0.29, 0.717) is 5.90 Å². The quantitative estimate of drug-likeness (QED) is 0.335. The Morgan fingerprint density at radius 1 is 1.23 bits per heavy atom. The highest BCUT2D eigenvalue weighted by Gasteiger charge is 2.80. The summed E-state index contributed by atoms with van der Waals surface area (Å²) in [6, 6.07) is 9.11. The Morgan fingerprint density at radius 3 is 2.39 bits per heavy atom. The summed E-state index contributed by atoms with van der Waals surface area (Å²) in [6.45, 7) is 12.4. The van der Waals surface area contributed by atoms with Crippen LogP contribution < -0.4 is 0 Å². The largest absolute Gasteiger partial charge is 0.546 e. The monoisotopic (exact) mass is 455 g/mol. The third-order valence-electron chi connectivity index (χ3n) is 6.37. The standard InChI is InChI=1S/C22H28F3NO4Si/c1-15(30-31(5,6)19(2,3)4)21(18(27)28-14-22(23,24)25)12-20(21)13-26-17(29-20)16-10-8-7-9-11-16/h7-11H,1,12-14H2,2-6H3/t20-,21+/m0/s1. The number of aliphatic imine (C=N–C) groups is 1. The van der Waals surface area contributed by atoms with Crippen molar-refractivity contribution in [3.8, 4) is 0 Å². The lowest BCUT2D eigenvalue weighted by Crippen LogP contribution is -2.44. The molecule has 5 nitrogen and oxygen atoms in total. The summed E-state index contributed by atoms with van der Waals surface area (Å²) < 4.78 is 55.2. The number of carbonyl (C=O) groups excluding carboxylic acids is 1. The lowest BCUT2D eigenvalue weighted by molar-refractivity contribution is -0.191. The Balaban J connectivity index is 1.88. The highest BCUT2D eigenvalue weighted by molar-refractivity contribution is 6.74. The third kappa shape index (κ3) is 4.24. The maximum Gasteiger partial charge on any atom is 0.422 e. The Morgan fingerprint density at radius 2 is 1.84 bits per heavy atom. The average Bonchev–Trinajstić information content (AvgIpc) is 3.11. The highest BCUT2D eigenvalue weighted by atomic mass is 28.4. The van der Waals surface area contributed by atoms with Gasteiger partial charge in [-0.1, -0.05) is 45.5 Å². The van der Waals surface area contributed by atoms with Crippen molar-refractivity contribution in [1.29, 1.82) is 0 Å². The molecular formula is C22H28F3NO4Si. The van der Waals surface area contributed by atoms with Crippen molar-refractivity contribution < 1.29 is 31.9 Å². The molecule has 1 saturated carbocycles. The minimum absolute atomic E-state index is 0.0933. The molecule has 0 saturated heterocycles. The summed E-state index contributed by atoms with van der Waals surface area (Å²) >= 11 is 0. The molecule has 31 heavy (non-hydrogen) atoms. The van der Waals surface area contributed by atoms with Crippen molar-refractivity contribution in [3.63, 3.8) is 0 Å². The van der Waals surface area contributed by atoms with Gasteiger partial charge in [0, 0.05) is 12.0 Å². The zero-order valence-electron chi connectivity index (χ0n) is 18.4. The molecule has 0 bridgehead atoms. The van der Waals surface area contributed by atoms with E-state index in [1.807, 2.05) is 64.2 Å². The molecular weight excluding hydrogens is 427 g/mol. The number of esters is 1. The number of hydrogen-bond donors (Lipinski definition) is 0. The van der Waals surface area contributed by atoms with E-state index in [1.54, 1.807) is 0 Å². The number of ether oxygens (including phenoxy) is 2. The maximum atomic E-state index is 13.0. The van der Waals surface area contributed by atoms with Gasteiger partial charge in [0.2, 0.25) is 14.2 Å². The molecule has 1 aromatic carbocycles. The summed E-state index contributed by atoms with van der Waals surface area (Å²) in [5.74, 6) is -0.611. The molecule has 1 fully saturated rings. The lowest BCUT2D eigenvalue weighted by Gasteiger charge is -2.39. The van der Waals surface area contributed by atoms with Crippen LogP contribution in [-0.2, 0) is 18.7 Å². The molecule has 0 radical (unpaired) electrons. The SMILES string of the molecule is C=C(O[Si](C)(C)C(C)(C)C)[C@@]1(C(=O)OCC(F)(F)F)C[C@]12CN=C(c1ccccc1)O2. The van der Waals surface area contributed by atoms with Gasteiger partial charge in [-0.15, -0.1) is 0 Å². The molecule has 3 rings (SSSR count). The number of carbonyl (C=O) groups is 1. The molecule has 1 heterocycles. The molecule has 0 N–H and O–H groups in total. The van der Waals surface area contributed by atoms with Crippen LogP contribution in [0.1, 0.15) is 32.8 Å². The normalized spacial score (nSPS) is 25.6. The van der Waals surface area contributed by atoms with Gasteiger partial charge in [-0.25, -0.2) is 4.99 Å². The molecule has 2 atom stereocenters. The number of rotatable bonds is 6. The second-order valence-corrected chi connectivity index (χ2v) is 14.4. The Bertz CT molecular complexity index is 908. The Hall–Kier alpha value is -2.29. The van der Waals surface area contributed by atoms with Crippen LogP contribution in [0, 0.1) is 5.41 Å². The highest BCUT2D eigenvalue weighted by Crippen LogP contribution is 2.66. The third-order valence-corrected chi connectivity index (χ3v) is 10.7. The van der Waals surface area contributed by atoms with Crippen LogP contribution in [-0.4, -0.2) is 45.1 Å². The minimum atomic E-state index is -4.64. The number of alkyl halides is 3. The first kappa shape index (κ1) is 23.4. The van der Waals surface area contributed by atoms with Crippen LogP contribution in [0.4, 0.5) is 13.2 Å². The fraction of sp³-hybridized carbons (Fsp3) is 0.545. The van der Waals surface area contributed by atoms with Crippen molar-refractivity contribution in [2.75, 3.05) is 13.2 Å². The fourth-order valence-electron chi connectivity index (χ4n) is 3.42. The molecule has 1 aliphatic heterocycles. The van der Waals surface area contributed by atoms with E-state index >= 15 is 0 Å². The second kappa shape index (κ2) is 7.39. The summed E-state index contributed by atoms with van der Waals surface area (Å²) in [6.07, 6.45) is -4.53. The first-order valence-electron chi connectivity index (χ1n) is 10.0. The van der Waals surface area contributed by atoms with Gasteiger partial charge in [-0.05, 0) is 30.3 Å². The smallest absolute Gasteiger partial charge is 0.422 e. The summed E-state index contributed by atoms with van der Waals surface area (Å²) in [4.78, 5) is 17.4. The van der Waals surface area contributed by atoms with Gasteiger partial charge in [-0.2, -0.15) is 13.2 Å². The van der Waals surface area contributed by atoms with Gasteiger partial charge in [0.25, 0.3) is 0 Å². The first-order chi connectivity index (χ1) is 14.1. The van der Waals surface area contributed by atoms with Crippen LogP contribution in [0.2, 0.25) is 18.1 Å². The van der Waals surface area contributed by atoms with E-state index in [-0.39, 0.29) is 23.8 Å². The van der Waals surface area contributed by atoms with Crippen molar-refractivity contribution in [2.24, 2.45) is 10.4 Å². The minimum Gasteiger partial charge on any atom is -0.546 e. The van der Waals surface area contributed by atoms with Crippen LogP contribution in [0.15, 0.2) is 47.7 Å². The van der Waals surface area contributed by atoms with Crippen molar-refractivity contribution in [1.82, 2.24) is 0 Å². The Labute approximate surface area is 181 Å². The van der Waals surface area contributed by atoms with Gasteiger partial charge in [0.05, 0.1) is 12.3 Å². The molecule has 9 heteroatoms. The van der Waals surface area contributed by atoms with Crippen molar-refractivity contribution in [2.45, 2.75) is 57.1 Å². The maximum absolute atomic E-state index is 13.0. The fourth-order valence-corrected chi connectivity index (χ4v) is 4.52. The van der Waals surface area contributed by atoms with Gasteiger partial charge < -0.3 is 13.9 Å². The molecule has 0 amide bonds. The van der Waals surface area contributed by atoms with Crippen LogP contribution in [0.5, 0.6) is 0 Å². The first-order valence-corrected chi connectivity index (χ1v) is 13.0. The van der Waals surface area contributed by atoms with E-state index in [9.17, 15) is 18.0 Å². The van der Waals surface area contributed by atoms with E-state index in [1.165, 1.54) is 0 Å². The summed E-state index contributed by atoms with van der Waals surface area (Å²) in [7, 11) is -2.41. The predicted octanol–water partition coefficient (Wildman–Crippen LogP) is 5.23. The second-order valence-electron chi connectivity index (χ2n) is 9.64. The zero-order chi connectivity index (χ0) is 23.3. The molecule has 0 unspecified atom stereocenters. The van der Waals surface area contributed by atoms with Crippen molar-refractivity contribution >= 4 is 20.2 Å². The number of hydrogen-bond acceptors (Lipinski definition) is 5. The van der Waals surface area contributed by atoms with E-state index in [2.05, 4.69) is 16.3 Å². The van der Waals surface area contributed by atoms with E-state index < -0.39 is 38.1 Å². The lowest BCUT2D eigenvalue weighted by atomic mass is 9.99. The molecule has 1 aromatic rings. The summed E-state index contributed by atoms with van der Waals surface area (Å²) in [5, 5.41) is -0.197. The van der Waals surface area contributed by atoms with Gasteiger partial charge in [0.15, 0.2) is 17.6 Å². The van der Waals surface area contributed by atoms with Crippen molar-refractivity contribution in [3.05, 3.63) is 48.2 Å². The molecule has 170 valence electrons. The predicted molar refractivity (Wildman–Crippen MR) is 113 cm³/mol. The number of nitrogens with zero attached hydrogens (tertiary/aromatic N) is 1. The molecule has 1 spiro atoms. The van der Waals surface area contributed by atoms with Gasteiger partial charge in [0.1, 0.15) is 0 Å².